The average Bonchev–Trinajstić information content (AvgIpc) is 2.94. The highest BCUT2D eigenvalue weighted by Crippen LogP contribution is 2.33. The van der Waals surface area contributed by atoms with E-state index in [1.807, 2.05) is 4.98 Å². The highest BCUT2D eigenvalue weighted by atomic mass is 19.1. The Bertz CT molecular complexity index is 936. The maximum atomic E-state index is 15.0. The topological polar surface area (TPSA) is 143 Å². The second-order valence-corrected chi connectivity index (χ2v) is 5.99. The molecule has 2 rings (SSSR count). The third kappa shape index (κ3) is 5.38. The van der Waals surface area contributed by atoms with Gasteiger partial charge in [0.05, 0.1) is 12.7 Å². The maximum absolute atomic E-state index is 15.0. The number of alkyl halides is 1. The summed E-state index contributed by atoms with van der Waals surface area (Å²) in [5, 5.41) is 0. The molecule has 0 bridgehead atoms. The number of halogens is 1. The minimum atomic E-state index is -2.01. The Balaban J connectivity index is 2.39. The van der Waals surface area contributed by atoms with Crippen LogP contribution in [-0.4, -0.2) is 59.6 Å². The molecule has 158 valence electrons. The fourth-order valence-corrected chi connectivity index (χ4v) is 2.62. The van der Waals surface area contributed by atoms with Gasteiger partial charge in [-0.15, -0.1) is 0 Å². The molecule has 11 nitrogen and oxygen atoms in total. The first-order valence-corrected chi connectivity index (χ1v) is 8.35. The number of nitrogens with one attached hydrogen (secondary N) is 1. The zero-order valence-electron chi connectivity index (χ0n) is 15.7. The molecular formula is C17H19FN2O9. The molecule has 0 spiro atoms. The molecule has 1 aromatic rings. The number of esters is 3. The molecule has 1 aromatic heterocycles. The standard InChI is InChI=1S/C17H19FN2O9/c1-8(21)27-7-11-14(28-9(2)22)13(18)16(29-11)20-6-10(4-5-12(23)26-3)15(24)19-17(20)25/h4-6,11,13-14,16H,7H2,1-3H3,(H,19,24,25)/t11-,13?,14?,16-/m0/s1. The monoisotopic (exact) mass is 414 g/mol. The van der Waals surface area contributed by atoms with Crippen molar-refractivity contribution in [2.45, 2.75) is 38.5 Å². The highest BCUT2D eigenvalue weighted by molar-refractivity contribution is 5.86. The molecule has 2 unspecified atom stereocenters. The van der Waals surface area contributed by atoms with Gasteiger partial charge in [0.2, 0.25) is 0 Å². The van der Waals surface area contributed by atoms with Crippen LogP contribution in [0.2, 0.25) is 0 Å². The van der Waals surface area contributed by atoms with Crippen LogP contribution in [0.25, 0.3) is 6.08 Å². The Morgan fingerprint density at radius 2 is 1.97 bits per heavy atom. The van der Waals surface area contributed by atoms with Gasteiger partial charge in [-0.05, 0) is 6.08 Å². The van der Waals surface area contributed by atoms with Crippen LogP contribution in [0.4, 0.5) is 4.39 Å². The summed E-state index contributed by atoms with van der Waals surface area (Å²) in [6, 6.07) is 0. The van der Waals surface area contributed by atoms with E-state index in [0.29, 0.717) is 0 Å². The second kappa shape index (κ2) is 9.28. The normalized spacial score (nSPS) is 23.7. The van der Waals surface area contributed by atoms with Crippen LogP contribution >= 0.6 is 0 Å². The number of aromatic amines is 1. The van der Waals surface area contributed by atoms with Crippen LogP contribution in [0, 0.1) is 0 Å². The third-order valence-electron chi connectivity index (χ3n) is 3.89. The van der Waals surface area contributed by atoms with Crippen molar-refractivity contribution in [1.29, 1.82) is 0 Å². The molecule has 29 heavy (non-hydrogen) atoms. The summed E-state index contributed by atoms with van der Waals surface area (Å²) in [6.07, 6.45) is -3.25. The van der Waals surface area contributed by atoms with Crippen molar-refractivity contribution >= 4 is 24.0 Å². The Morgan fingerprint density at radius 1 is 1.28 bits per heavy atom. The van der Waals surface area contributed by atoms with E-state index in [9.17, 15) is 28.4 Å². The van der Waals surface area contributed by atoms with Gasteiger partial charge in [-0.1, -0.05) is 0 Å². The Morgan fingerprint density at radius 3 is 2.55 bits per heavy atom. The lowest BCUT2D eigenvalue weighted by Gasteiger charge is -2.18. The summed E-state index contributed by atoms with van der Waals surface area (Å²) in [7, 11) is 1.14. The molecule has 0 aromatic carbocycles. The first-order chi connectivity index (χ1) is 13.6. The van der Waals surface area contributed by atoms with Gasteiger partial charge >= 0.3 is 23.6 Å². The molecule has 4 atom stereocenters. The van der Waals surface area contributed by atoms with Crippen LogP contribution in [0.1, 0.15) is 25.6 Å². The molecule has 1 fully saturated rings. The lowest BCUT2D eigenvalue weighted by Crippen LogP contribution is -2.38. The number of aromatic nitrogens is 2. The lowest BCUT2D eigenvalue weighted by atomic mass is 10.1. The van der Waals surface area contributed by atoms with Crippen LogP contribution < -0.4 is 11.2 Å². The van der Waals surface area contributed by atoms with Gasteiger partial charge in [-0.25, -0.2) is 14.0 Å². The quantitative estimate of drug-likeness (QED) is 0.368. The van der Waals surface area contributed by atoms with E-state index < -0.39 is 60.4 Å². The molecule has 1 N–H and O–H groups in total. The van der Waals surface area contributed by atoms with Crippen LogP contribution in [0.5, 0.6) is 0 Å². The van der Waals surface area contributed by atoms with Crippen molar-refractivity contribution in [2.24, 2.45) is 0 Å². The SMILES string of the molecule is COC(=O)C=Cc1cn([C@H]2O[C@@H](COC(C)=O)C(OC(C)=O)C2F)c(=O)[nH]c1=O. The minimum Gasteiger partial charge on any atom is -0.466 e. The van der Waals surface area contributed by atoms with Crippen molar-refractivity contribution in [3.63, 3.8) is 0 Å². The number of nitrogens with zero attached hydrogens (tertiary/aromatic N) is 1. The van der Waals surface area contributed by atoms with Crippen molar-refractivity contribution < 1.29 is 37.7 Å². The highest BCUT2D eigenvalue weighted by Gasteiger charge is 2.49. The number of rotatable bonds is 6. The molecule has 0 radical (unpaired) electrons. The Hall–Kier alpha value is -3.28. The summed E-state index contributed by atoms with van der Waals surface area (Å²) in [5.41, 5.74) is -1.97. The fraction of sp³-hybridized carbons (Fsp3) is 0.471. The number of hydrogen-bond donors (Lipinski definition) is 1. The van der Waals surface area contributed by atoms with Crippen LogP contribution in [0.3, 0.4) is 0 Å². The van der Waals surface area contributed by atoms with E-state index in [-0.39, 0.29) is 5.56 Å². The molecule has 0 amide bonds. The van der Waals surface area contributed by atoms with Gasteiger partial charge in [0, 0.05) is 26.1 Å². The van der Waals surface area contributed by atoms with Gasteiger partial charge in [0.25, 0.3) is 5.56 Å². The summed E-state index contributed by atoms with van der Waals surface area (Å²) in [4.78, 5) is 59.6. The minimum absolute atomic E-state index is 0.154. The van der Waals surface area contributed by atoms with E-state index in [1.165, 1.54) is 0 Å². The molecule has 1 saturated heterocycles. The van der Waals surface area contributed by atoms with Crippen molar-refractivity contribution in [3.8, 4) is 0 Å². The van der Waals surface area contributed by atoms with Gasteiger partial charge in [0.15, 0.2) is 18.5 Å². The number of hydrogen-bond acceptors (Lipinski definition) is 9. The zero-order valence-corrected chi connectivity index (χ0v) is 15.7. The number of carbonyl (C=O) groups is 3. The average molecular weight is 414 g/mol. The predicted molar refractivity (Wildman–Crippen MR) is 93.4 cm³/mol. The molecular weight excluding hydrogens is 395 g/mol. The summed E-state index contributed by atoms with van der Waals surface area (Å²) in [5.74, 6) is -2.21. The van der Waals surface area contributed by atoms with Gasteiger partial charge in [-0.2, -0.15) is 0 Å². The lowest BCUT2D eigenvalue weighted by molar-refractivity contribution is -0.156. The van der Waals surface area contributed by atoms with E-state index in [0.717, 1.165) is 43.9 Å². The first-order valence-electron chi connectivity index (χ1n) is 8.35. The molecule has 1 aliphatic heterocycles. The summed E-state index contributed by atoms with van der Waals surface area (Å²) >= 11 is 0. The van der Waals surface area contributed by atoms with Crippen LogP contribution in [0.15, 0.2) is 21.9 Å². The van der Waals surface area contributed by atoms with E-state index in [1.54, 1.807) is 0 Å². The predicted octanol–water partition coefficient (Wildman–Crippen LogP) is -0.547. The Labute approximate surface area is 163 Å². The molecule has 2 heterocycles. The fourth-order valence-electron chi connectivity index (χ4n) is 2.62. The van der Waals surface area contributed by atoms with E-state index >= 15 is 0 Å². The molecule has 0 aliphatic carbocycles. The Kier molecular flexibility index (Phi) is 7.04. The molecule has 1 aliphatic rings. The number of methoxy groups -OCH3 is 1. The van der Waals surface area contributed by atoms with E-state index in [2.05, 4.69) is 4.74 Å². The summed E-state index contributed by atoms with van der Waals surface area (Å²) in [6.45, 7) is 1.77. The molecule has 12 heteroatoms. The molecule has 0 saturated carbocycles. The van der Waals surface area contributed by atoms with Crippen molar-refractivity contribution in [2.75, 3.05) is 13.7 Å². The smallest absolute Gasteiger partial charge is 0.330 e. The van der Waals surface area contributed by atoms with Crippen molar-refractivity contribution in [1.82, 2.24) is 9.55 Å². The number of H-pyrrole nitrogens is 1. The number of ether oxygens (including phenoxy) is 4. The van der Waals surface area contributed by atoms with Gasteiger partial charge < -0.3 is 18.9 Å². The first kappa shape index (κ1) is 22.0. The largest absolute Gasteiger partial charge is 0.466 e. The van der Waals surface area contributed by atoms with Crippen molar-refractivity contribution in [3.05, 3.63) is 38.7 Å². The van der Waals surface area contributed by atoms with Gasteiger partial charge in [0.1, 0.15) is 12.7 Å². The van der Waals surface area contributed by atoms with Gasteiger partial charge in [-0.3, -0.25) is 23.9 Å². The number of carbonyl (C=O) groups excluding carboxylic acids is 3. The van der Waals surface area contributed by atoms with E-state index in [4.69, 9.17) is 14.2 Å². The van der Waals surface area contributed by atoms with Crippen LogP contribution in [-0.2, 0) is 33.3 Å². The summed E-state index contributed by atoms with van der Waals surface area (Å²) < 4.78 is 35.3. The second-order valence-electron chi connectivity index (χ2n) is 5.99. The zero-order chi connectivity index (χ0) is 21.7. The maximum Gasteiger partial charge on any atom is 0.330 e. The third-order valence-corrected chi connectivity index (χ3v) is 3.89.